The lowest BCUT2D eigenvalue weighted by Gasteiger charge is -2.13. The molecule has 0 aliphatic heterocycles. The highest BCUT2D eigenvalue weighted by atomic mass is 32.2. The standard InChI is InChI=1S/C23H22FN3O3S/c1-13(2)11-27-22(17-6-4-5-7-18(17)24)25-26-23(27)31-12-15-10-20(29)30-21-14(3)19(28)9-8-16(15)21/h4-10,13,28H,11-12H2,1-3H3. The number of hydrogen-bond donors (Lipinski definition) is 1. The first kappa shape index (κ1) is 21.1. The monoisotopic (exact) mass is 439 g/mol. The van der Waals surface area contributed by atoms with Gasteiger partial charge < -0.3 is 14.1 Å². The lowest BCUT2D eigenvalue weighted by Crippen LogP contribution is -2.08. The van der Waals surface area contributed by atoms with Gasteiger partial charge in [0, 0.05) is 29.3 Å². The van der Waals surface area contributed by atoms with Gasteiger partial charge in [-0.15, -0.1) is 10.2 Å². The van der Waals surface area contributed by atoms with Gasteiger partial charge in [-0.3, -0.25) is 0 Å². The molecule has 6 nitrogen and oxygen atoms in total. The normalized spacial score (nSPS) is 11.5. The first-order chi connectivity index (χ1) is 14.8. The summed E-state index contributed by atoms with van der Waals surface area (Å²) in [4.78, 5) is 12.1. The van der Waals surface area contributed by atoms with E-state index in [0.717, 1.165) is 10.9 Å². The SMILES string of the molecule is Cc1c(O)ccc2c(CSc3nnc(-c4ccccc4F)n3CC(C)C)cc(=O)oc12. The van der Waals surface area contributed by atoms with E-state index < -0.39 is 5.63 Å². The molecule has 0 saturated carbocycles. The van der Waals surface area contributed by atoms with Crippen LogP contribution in [0.2, 0.25) is 0 Å². The molecule has 2 heterocycles. The van der Waals surface area contributed by atoms with E-state index in [2.05, 4.69) is 24.0 Å². The van der Waals surface area contributed by atoms with Gasteiger partial charge >= 0.3 is 5.63 Å². The van der Waals surface area contributed by atoms with Crippen LogP contribution in [0, 0.1) is 18.7 Å². The molecule has 0 saturated heterocycles. The molecule has 0 unspecified atom stereocenters. The molecule has 0 bridgehead atoms. The minimum atomic E-state index is -0.479. The number of nitrogens with zero attached hydrogens (tertiary/aromatic N) is 3. The molecule has 160 valence electrons. The quantitative estimate of drug-likeness (QED) is 0.330. The molecule has 1 N–H and O–H groups in total. The summed E-state index contributed by atoms with van der Waals surface area (Å²) in [5.74, 6) is 0.952. The molecule has 8 heteroatoms. The third kappa shape index (κ3) is 4.20. The van der Waals surface area contributed by atoms with Gasteiger partial charge in [-0.1, -0.05) is 37.7 Å². The third-order valence-electron chi connectivity index (χ3n) is 4.95. The molecule has 0 amide bonds. The average Bonchev–Trinajstić information content (AvgIpc) is 3.11. The molecule has 31 heavy (non-hydrogen) atoms. The molecule has 0 radical (unpaired) electrons. The Hall–Kier alpha value is -3.13. The Morgan fingerprint density at radius 3 is 2.71 bits per heavy atom. The van der Waals surface area contributed by atoms with Gasteiger partial charge in [0.05, 0.1) is 5.56 Å². The lowest BCUT2D eigenvalue weighted by molar-refractivity contribution is 0.468. The highest BCUT2D eigenvalue weighted by Crippen LogP contribution is 2.32. The Kier molecular flexibility index (Phi) is 5.82. The fourth-order valence-electron chi connectivity index (χ4n) is 3.44. The lowest BCUT2D eigenvalue weighted by atomic mass is 10.1. The van der Waals surface area contributed by atoms with E-state index in [-0.39, 0.29) is 11.6 Å². The molecule has 4 aromatic rings. The highest BCUT2D eigenvalue weighted by molar-refractivity contribution is 7.98. The molecular weight excluding hydrogens is 417 g/mol. The van der Waals surface area contributed by atoms with Crippen LogP contribution in [0.1, 0.15) is 25.0 Å². The van der Waals surface area contributed by atoms with Crippen LogP contribution in [0.15, 0.2) is 56.8 Å². The zero-order valence-electron chi connectivity index (χ0n) is 17.4. The van der Waals surface area contributed by atoms with Crippen LogP contribution in [0.3, 0.4) is 0 Å². The topological polar surface area (TPSA) is 81.2 Å². The van der Waals surface area contributed by atoms with Crippen LogP contribution in [0.5, 0.6) is 5.75 Å². The molecule has 0 aliphatic rings. The summed E-state index contributed by atoms with van der Waals surface area (Å²) in [6.07, 6.45) is 0. The summed E-state index contributed by atoms with van der Waals surface area (Å²) in [6, 6.07) is 11.3. The maximum atomic E-state index is 14.4. The van der Waals surface area contributed by atoms with E-state index in [1.807, 2.05) is 4.57 Å². The highest BCUT2D eigenvalue weighted by Gasteiger charge is 2.19. The first-order valence-electron chi connectivity index (χ1n) is 9.91. The number of phenols is 1. The number of fused-ring (bicyclic) bond motifs is 1. The minimum absolute atomic E-state index is 0.0756. The number of aryl methyl sites for hydroxylation is 1. The van der Waals surface area contributed by atoms with E-state index in [1.165, 1.54) is 23.9 Å². The van der Waals surface area contributed by atoms with Crippen molar-refractivity contribution in [2.75, 3.05) is 0 Å². The average molecular weight is 440 g/mol. The third-order valence-corrected chi connectivity index (χ3v) is 5.97. The number of rotatable bonds is 6. The number of aromatic hydroxyl groups is 1. The number of hydrogen-bond acceptors (Lipinski definition) is 6. The maximum Gasteiger partial charge on any atom is 0.336 e. The summed E-state index contributed by atoms with van der Waals surface area (Å²) < 4.78 is 21.6. The van der Waals surface area contributed by atoms with Gasteiger partial charge in [0.25, 0.3) is 0 Å². The van der Waals surface area contributed by atoms with Crippen molar-refractivity contribution in [1.29, 1.82) is 0 Å². The first-order valence-corrected chi connectivity index (χ1v) is 10.9. The molecule has 0 atom stereocenters. The fraction of sp³-hybridized carbons (Fsp3) is 0.261. The number of benzene rings is 2. The van der Waals surface area contributed by atoms with Crippen LogP contribution < -0.4 is 5.63 Å². The number of thioether (sulfide) groups is 1. The van der Waals surface area contributed by atoms with Crippen LogP contribution in [0.4, 0.5) is 4.39 Å². The van der Waals surface area contributed by atoms with Crippen molar-refractivity contribution in [2.24, 2.45) is 5.92 Å². The molecule has 4 rings (SSSR count). The van der Waals surface area contributed by atoms with Crippen molar-refractivity contribution >= 4 is 22.7 Å². The molecular formula is C23H22FN3O3S. The second kappa shape index (κ2) is 8.55. The van der Waals surface area contributed by atoms with E-state index in [9.17, 15) is 14.3 Å². The molecule has 0 aliphatic carbocycles. The summed E-state index contributed by atoms with van der Waals surface area (Å²) in [5.41, 5.74) is 1.59. The Morgan fingerprint density at radius 2 is 1.97 bits per heavy atom. The largest absolute Gasteiger partial charge is 0.508 e. The van der Waals surface area contributed by atoms with E-state index in [0.29, 0.717) is 45.9 Å². The number of halogens is 1. The number of phenolic OH excluding ortho intramolecular Hbond substituents is 1. The van der Waals surface area contributed by atoms with Gasteiger partial charge in [-0.2, -0.15) is 0 Å². The molecule has 2 aromatic carbocycles. The van der Waals surface area contributed by atoms with Crippen LogP contribution in [0.25, 0.3) is 22.4 Å². The number of aromatic nitrogens is 3. The van der Waals surface area contributed by atoms with Crippen molar-refractivity contribution in [3.8, 4) is 17.1 Å². The van der Waals surface area contributed by atoms with Gasteiger partial charge in [0.15, 0.2) is 11.0 Å². The van der Waals surface area contributed by atoms with Crippen LogP contribution >= 0.6 is 11.8 Å². The van der Waals surface area contributed by atoms with Crippen molar-refractivity contribution in [3.63, 3.8) is 0 Å². The molecule has 0 fully saturated rings. The van der Waals surface area contributed by atoms with E-state index in [4.69, 9.17) is 4.42 Å². The second-order valence-electron chi connectivity index (χ2n) is 7.76. The van der Waals surface area contributed by atoms with Gasteiger partial charge in [-0.05, 0) is 42.7 Å². The maximum absolute atomic E-state index is 14.4. The minimum Gasteiger partial charge on any atom is -0.508 e. The molecule has 2 aromatic heterocycles. The molecule has 0 spiro atoms. The Morgan fingerprint density at radius 1 is 1.19 bits per heavy atom. The smallest absolute Gasteiger partial charge is 0.336 e. The van der Waals surface area contributed by atoms with Gasteiger partial charge in [0.2, 0.25) is 0 Å². The Labute approximate surface area is 182 Å². The van der Waals surface area contributed by atoms with Gasteiger partial charge in [-0.25, -0.2) is 9.18 Å². The Balaban J connectivity index is 1.72. The predicted molar refractivity (Wildman–Crippen MR) is 119 cm³/mol. The van der Waals surface area contributed by atoms with Crippen LogP contribution in [-0.4, -0.2) is 19.9 Å². The van der Waals surface area contributed by atoms with Gasteiger partial charge in [0.1, 0.15) is 17.1 Å². The zero-order valence-corrected chi connectivity index (χ0v) is 18.2. The van der Waals surface area contributed by atoms with Crippen molar-refractivity contribution in [2.45, 2.75) is 38.2 Å². The fourth-order valence-corrected chi connectivity index (χ4v) is 4.38. The zero-order chi connectivity index (χ0) is 22.1. The van der Waals surface area contributed by atoms with E-state index in [1.54, 1.807) is 37.3 Å². The van der Waals surface area contributed by atoms with E-state index >= 15 is 0 Å². The Bertz CT molecular complexity index is 1310. The van der Waals surface area contributed by atoms with Crippen molar-refractivity contribution < 1.29 is 13.9 Å². The predicted octanol–water partition coefficient (Wildman–Crippen LogP) is 5.15. The summed E-state index contributed by atoms with van der Waals surface area (Å²) >= 11 is 1.42. The van der Waals surface area contributed by atoms with Crippen molar-refractivity contribution in [1.82, 2.24) is 14.8 Å². The summed E-state index contributed by atoms with van der Waals surface area (Å²) in [7, 11) is 0. The summed E-state index contributed by atoms with van der Waals surface area (Å²) in [5, 5.41) is 19.9. The summed E-state index contributed by atoms with van der Waals surface area (Å²) in [6.45, 7) is 6.48. The second-order valence-corrected chi connectivity index (χ2v) is 8.70. The van der Waals surface area contributed by atoms with Crippen molar-refractivity contribution in [3.05, 3.63) is 69.8 Å². The van der Waals surface area contributed by atoms with Crippen LogP contribution in [-0.2, 0) is 12.3 Å².